The van der Waals surface area contributed by atoms with Crippen molar-refractivity contribution in [3.05, 3.63) is 29.8 Å². The van der Waals surface area contributed by atoms with Crippen LogP contribution in [0.4, 0.5) is 0 Å². The molecule has 6 nitrogen and oxygen atoms in total. The Bertz CT molecular complexity index is 664. The van der Waals surface area contributed by atoms with Gasteiger partial charge in [-0.15, -0.1) is 0 Å². The Hall–Kier alpha value is -1.63. The minimum atomic E-state index is -0.215. The summed E-state index contributed by atoms with van der Waals surface area (Å²) in [5, 5.41) is 3.30. The van der Waals surface area contributed by atoms with Gasteiger partial charge >= 0.3 is 0 Å². The van der Waals surface area contributed by atoms with Crippen molar-refractivity contribution in [1.82, 2.24) is 16.2 Å². The summed E-state index contributed by atoms with van der Waals surface area (Å²) in [6, 6.07) is 8.90. The molecule has 0 aromatic heterocycles. The number of fused-ring (bicyclic) bond motifs is 1. The molecule has 1 spiro atoms. The molecule has 1 aromatic rings. The molecular formula is C21H31N3O3. The third-order valence-electron chi connectivity index (χ3n) is 6.46. The predicted octanol–water partition coefficient (Wildman–Crippen LogP) is 2.46. The average molecular weight is 373 g/mol. The molecule has 0 bridgehead atoms. The second kappa shape index (κ2) is 7.78. The topological polar surface area (TPSA) is 71.6 Å². The number of carbonyl (C=O) groups excluding carboxylic acids is 1. The Kier molecular flexibility index (Phi) is 5.39. The lowest BCUT2D eigenvalue weighted by molar-refractivity contribution is -0.123. The molecule has 0 radical (unpaired) electrons. The number of amides is 1. The van der Waals surface area contributed by atoms with Crippen LogP contribution in [0.2, 0.25) is 0 Å². The molecule has 27 heavy (non-hydrogen) atoms. The molecule has 4 rings (SSSR count). The number of hydrogen-bond acceptors (Lipinski definition) is 5. The van der Waals surface area contributed by atoms with Crippen LogP contribution in [-0.2, 0) is 9.53 Å². The van der Waals surface area contributed by atoms with Gasteiger partial charge in [0.05, 0.1) is 19.3 Å². The van der Waals surface area contributed by atoms with Gasteiger partial charge in [-0.3, -0.25) is 15.6 Å². The van der Waals surface area contributed by atoms with E-state index in [2.05, 4.69) is 36.1 Å². The van der Waals surface area contributed by atoms with Crippen LogP contribution in [0.3, 0.4) is 0 Å². The number of hydrogen-bond donors (Lipinski definition) is 3. The molecule has 3 N–H and O–H groups in total. The lowest BCUT2D eigenvalue weighted by atomic mass is 9.82. The van der Waals surface area contributed by atoms with Crippen molar-refractivity contribution in [2.24, 2.45) is 5.92 Å². The number of carbonyl (C=O) groups is 1. The van der Waals surface area contributed by atoms with Crippen LogP contribution >= 0.6 is 0 Å². The van der Waals surface area contributed by atoms with Crippen molar-refractivity contribution in [3.63, 3.8) is 0 Å². The van der Waals surface area contributed by atoms with Crippen LogP contribution in [0, 0.1) is 5.92 Å². The van der Waals surface area contributed by atoms with E-state index in [0.29, 0.717) is 24.4 Å². The third kappa shape index (κ3) is 3.98. The van der Waals surface area contributed by atoms with E-state index >= 15 is 0 Å². The van der Waals surface area contributed by atoms with Gasteiger partial charge in [-0.05, 0) is 32.3 Å². The zero-order valence-corrected chi connectivity index (χ0v) is 16.3. The van der Waals surface area contributed by atoms with E-state index in [4.69, 9.17) is 9.47 Å². The predicted molar refractivity (Wildman–Crippen MR) is 103 cm³/mol. The highest BCUT2D eigenvalue weighted by Gasteiger charge is 2.42. The van der Waals surface area contributed by atoms with Gasteiger partial charge in [-0.1, -0.05) is 18.2 Å². The summed E-state index contributed by atoms with van der Waals surface area (Å²) in [5.74, 6) is 1.51. The quantitative estimate of drug-likeness (QED) is 0.756. The maximum atomic E-state index is 12.7. The van der Waals surface area contributed by atoms with Crippen LogP contribution in [0.5, 0.6) is 5.75 Å². The average Bonchev–Trinajstić information content (AvgIpc) is 2.98. The number of hydrazine groups is 1. The summed E-state index contributed by atoms with van der Waals surface area (Å²) in [7, 11) is 0. The lowest BCUT2D eigenvalue weighted by Crippen LogP contribution is -2.48. The van der Waals surface area contributed by atoms with E-state index in [1.165, 1.54) is 0 Å². The molecule has 1 amide bonds. The highest BCUT2D eigenvalue weighted by atomic mass is 16.5. The third-order valence-corrected chi connectivity index (χ3v) is 6.46. The van der Waals surface area contributed by atoms with Crippen LogP contribution in [0.25, 0.3) is 0 Å². The van der Waals surface area contributed by atoms with Gasteiger partial charge in [0.25, 0.3) is 0 Å². The van der Waals surface area contributed by atoms with Crippen molar-refractivity contribution in [2.45, 2.75) is 69.7 Å². The van der Waals surface area contributed by atoms with Gasteiger partial charge in [0.1, 0.15) is 11.4 Å². The molecule has 3 unspecified atom stereocenters. The normalized spacial score (nSPS) is 31.9. The maximum absolute atomic E-state index is 12.7. The van der Waals surface area contributed by atoms with Crippen LogP contribution in [0.1, 0.15) is 57.6 Å². The summed E-state index contributed by atoms with van der Waals surface area (Å²) in [5.41, 5.74) is 7.41. The smallest absolute Gasteiger partial charge is 0.220 e. The molecule has 3 atom stereocenters. The minimum Gasteiger partial charge on any atom is -0.487 e. The Morgan fingerprint density at radius 2 is 1.89 bits per heavy atom. The van der Waals surface area contributed by atoms with E-state index < -0.39 is 0 Å². The molecule has 0 aliphatic carbocycles. The highest BCUT2D eigenvalue weighted by Crippen LogP contribution is 2.43. The van der Waals surface area contributed by atoms with Gasteiger partial charge in [-0.2, -0.15) is 0 Å². The van der Waals surface area contributed by atoms with Crippen molar-refractivity contribution in [3.8, 4) is 5.75 Å². The summed E-state index contributed by atoms with van der Waals surface area (Å²) in [4.78, 5) is 12.7. The van der Waals surface area contributed by atoms with Crippen LogP contribution < -0.4 is 20.9 Å². The maximum Gasteiger partial charge on any atom is 0.220 e. The minimum absolute atomic E-state index is 0.00947. The number of rotatable bonds is 4. The number of para-hydroxylation sites is 1. The highest BCUT2D eigenvalue weighted by molar-refractivity contribution is 5.76. The molecular weight excluding hydrogens is 342 g/mol. The SMILES string of the molecule is CC1NNC(C)C1CCC(=O)NC1CC2(CCOCC2)Oc2ccccc21. The van der Waals surface area contributed by atoms with Gasteiger partial charge in [0.15, 0.2) is 0 Å². The number of nitrogens with one attached hydrogen (secondary N) is 3. The van der Waals surface area contributed by atoms with Gasteiger partial charge in [0, 0.05) is 43.3 Å². The summed E-state index contributed by atoms with van der Waals surface area (Å²) >= 11 is 0. The van der Waals surface area contributed by atoms with E-state index in [1.807, 2.05) is 18.2 Å². The van der Waals surface area contributed by atoms with Crippen LogP contribution in [0.15, 0.2) is 24.3 Å². The Balaban J connectivity index is 1.43. The molecule has 3 aliphatic rings. The van der Waals surface area contributed by atoms with Gasteiger partial charge in [0.2, 0.25) is 5.91 Å². The van der Waals surface area contributed by atoms with Crippen LogP contribution in [-0.4, -0.2) is 36.8 Å². The fourth-order valence-electron chi connectivity index (χ4n) is 4.77. The second-order valence-electron chi connectivity index (χ2n) is 8.33. The van der Waals surface area contributed by atoms with Crippen molar-refractivity contribution in [1.29, 1.82) is 0 Å². The van der Waals surface area contributed by atoms with E-state index in [9.17, 15) is 4.79 Å². The second-order valence-corrected chi connectivity index (χ2v) is 8.33. The largest absolute Gasteiger partial charge is 0.487 e. The molecule has 6 heteroatoms. The number of benzene rings is 1. The lowest BCUT2D eigenvalue weighted by Gasteiger charge is -2.44. The molecule has 0 saturated carbocycles. The molecule has 3 aliphatic heterocycles. The Labute approximate surface area is 161 Å². The molecule has 2 fully saturated rings. The van der Waals surface area contributed by atoms with E-state index in [1.54, 1.807) is 0 Å². The first-order valence-corrected chi connectivity index (χ1v) is 10.2. The first-order valence-electron chi connectivity index (χ1n) is 10.2. The zero-order chi connectivity index (χ0) is 18.9. The van der Waals surface area contributed by atoms with E-state index in [0.717, 1.165) is 50.2 Å². The molecule has 2 saturated heterocycles. The Morgan fingerprint density at radius 1 is 1.19 bits per heavy atom. The summed E-state index contributed by atoms with van der Waals surface area (Å²) < 4.78 is 11.9. The summed E-state index contributed by atoms with van der Waals surface area (Å²) in [6.07, 6.45) is 4.01. The Morgan fingerprint density at radius 3 is 2.63 bits per heavy atom. The fraction of sp³-hybridized carbons (Fsp3) is 0.667. The first-order chi connectivity index (χ1) is 13.1. The molecule has 1 aromatic carbocycles. The molecule has 148 valence electrons. The summed E-state index contributed by atoms with van der Waals surface area (Å²) in [6.45, 7) is 5.78. The van der Waals surface area contributed by atoms with Crippen molar-refractivity contribution >= 4 is 5.91 Å². The van der Waals surface area contributed by atoms with Crippen molar-refractivity contribution in [2.75, 3.05) is 13.2 Å². The van der Waals surface area contributed by atoms with Crippen molar-refractivity contribution < 1.29 is 14.3 Å². The zero-order valence-electron chi connectivity index (χ0n) is 16.3. The first kappa shape index (κ1) is 18.7. The fourth-order valence-corrected chi connectivity index (χ4v) is 4.77. The number of ether oxygens (including phenoxy) is 2. The van der Waals surface area contributed by atoms with Gasteiger partial charge in [-0.25, -0.2) is 0 Å². The monoisotopic (exact) mass is 373 g/mol. The van der Waals surface area contributed by atoms with E-state index in [-0.39, 0.29) is 17.6 Å². The molecule has 3 heterocycles. The standard InChI is InChI=1S/C21H31N3O3/c1-14-16(15(2)24-23-14)7-8-20(25)22-18-13-21(9-11-26-12-10-21)27-19-6-4-3-5-17(18)19/h3-6,14-16,18,23-24H,7-13H2,1-2H3,(H,22,25). The van der Waals surface area contributed by atoms with Gasteiger partial charge < -0.3 is 14.8 Å².